The third kappa shape index (κ3) is 7.48. The largest absolute Gasteiger partial charge is 0.493 e. The van der Waals surface area contributed by atoms with Crippen LogP contribution in [0.1, 0.15) is 68.3 Å². The van der Waals surface area contributed by atoms with Crippen LogP contribution in [0.2, 0.25) is 0 Å². The summed E-state index contributed by atoms with van der Waals surface area (Å²) in [5.41, 5.74) is 0.409. The van der Waals surface area contributed by atoms with E-state index in [1.54, 1.807) is 11.8 Å². The van der Waals surface area contributed by atoms with Crippen LogP contribution in [-0.2, 0) is 34.1 Å². The molecular weight excluding hydrogens is 719 g/mol. The van der Waals surface area contributed by atoms with E-state index in [2.05, 4.69) is 22.9 Å². The second-order valence-electron chi connectivity index (χ2n) is 13.8. The summed E-state index contributed by atoms with van der Waals surface area (Å²) in [7, 11) is -0.692. The van der Waals surface area contributed by atoms with Crippen molar-refractivity contribution < 1.29 is 45.1 Å². The molecule has 1 aromatic heterocycles. The smallest absolute Gasteiger partial charge is 0.417 e. The number of aryl methyl sites for hydroxylation is 2. The first-order chi connectivity index (χ1) is 25.0. The van der Waals surface area contributed by atoms with E-state index in [9.17, 15) is 36.0 Å². The predicted octanol–water partition coefficient (Wildman–Crippen LogP) is 3.86. The van der Waals surface area contributed by atoms with Gasteiger partial charge in [0.25, 0.3) is 11.8 Å². The number of likely N-dealkylation sites (N-methyl/N-ethyl adjacent to an activating group) is 1. The third-order valence-electron chi connectivity index (χ3n) is 10.4. The van der Waals surface area contributed by atoms with Crippen molar-refractivity contribution in [2.24, 2.45) is 0 Å². The van der Waals surface area contributed by atoms with Crippen LogP contribution in [0.3, 0.4) is 0 Å². The topological polar surface area (TPSA) is 142 Å². The van der Waals surface area contributed by atoms with E-state index < -0.39 is 56.3 Å². The molecule has 4 heterocycles. The van der Waals surface area contributed by atoms with E-state index in [1.807, 2.05) is 13.8 Å². The number of fused-ring (bicyclic) bond motifs is 3. The average molecular weight is 764 g/mol. The number of hydrogen-bond acceptors (Lipinski definition) is 10. The summed E-state index contributed by atoms with van der Waals surface area (Å²) in [5, 5.41) is 0.771. The fourth-order valence-electron chi connectivity index (χ4n) is 7.60. The van der Waals surface area contributed by atoms with Crippen molar-refractivity contribution in [2.75, 3.05) is 71.5 Å². The van der Waals surface area contributed by atoms with E-state index in [0.717, 1.165) is 57.8 Å². The van der Waals surface area contributed by atoms with E-state index in [-0.39, 0.29) is 50.8 Å². The number of carbonyl (C=O) groups is 2. The second kappa shape index (κ2) is 14.9. The van der Waals surface area contributed by atoms with E-state index in [4.69, 9.17) is 13.9 Å². The Balaban J connectivity index is 1.32. The number of nitrogens with zero attached hydrogens (tertiary/aromatic N) is 4. The van der Waals surface area contributed by atoms with Crippen LogP contribution in [0, 0.1) is 13.8 Å². The molecule has 6 rings (SSSR count). The van der Waals surface area contributed by atoms with Crippen LogP contribution in [0.5, 0.6) is 5.75 Å². The summed E-state index contributed by atoms with van der Waals surface area (Å²) in [6.45, 7) is 8.18. The van der Waals surface area contributed by atoms with Gasteiger partial charge in [-0.15, -0.1) is 0 Å². The molecule has 288 valence electrons. The Morgan fingerprint density at radius 3 is 2.42 bits per heavy atom. The lowest BCUT2D eigenvalue weighted by Crippen LogP contribution is -2.53. The van der Waals surface area contributed by atoms with Crippen molar-refractivity contribution in [2.45, 2.75) is 58.8 Å². The molecule has 3 aliphatic rings. The lowest BCUT2D eigenvalue weighted by atomic mass is 9.92. The van der Waals surface area contributed by atoms with E-state index in [0.29, 0.717) is 31.1 Å². The molecular formula is C36H44F3N5O8S. The molecule has 1 atom stereocenters. The van der Waals surface area contributed by atoms with Gasteiger partial charge in [0.05, 0.1) is 42.5 Å². The van der Waals surface area contributed by atoms with Gasteiger partial charge < -0.3 is 23.7 Å². The Morgan fingerprint density at radius 2 is 1.75 bits per heavy atom. The first kappa shape index (κ1) is 38.5. The minimum atomic E-state index is -5.16. The van der Waals surface area contributed by atoms with Crippen LogP contribution >= 0.6 is 0 Å². The third-order valence-corrected chi connectivity index (χ3v) is 11.8. The molecule has 2 aromatic carbocycles. The van der Waals surface area contributed by atoms with Crippen molar-refractivity contribution in [1.29, 1.82) is 0 Å². The highest BCUT2D eigenvalue weighted by Gasteiger charge is 2.41. The number of nitrogens with one attached hydrogen (secondary N) is 1. The number of rotatable bonds is 9. The Kier molecular flexibility index (Phi) is 10.8. The van der Waals surface area contributed by atoms with Crippen LogP contribution in [0.15, 0.2) is 27.4 Å². The van der Waals surface area contributed by atoms with Gasteiger partial charge in [0.15, 0.2) is 0 Å². The fraction of sp³-hybridized carbons (Fsp3) is 0.528. The first-order valence-electron chi connectivity index (χ1n) is 17.6. The normalized spacial score (nSPS) is 18.8. The molecule has 0 saturated carbocycles. The van der Waals surface area contributed by atoms with Crippen LogP contribution in [-0.4, -0.2) is 107 Å². The van der Waals surface area contributed by atoms with Crippen molar-refractivity contribution >= 4 is 38.7 Å². The summed E-state index contributed by atoms with van der Waals surface area (Å²) < 4.78 is 88.7. The zero-order valence-electron chi connectivity index (χ0n) is 30.4. The molecule has 13 nitrogen and oxygen atoms in total. The number of halogens is 3. The van der Waals surface area contributed by atoms with Crippen molar-refractivity contribution in [3.63, 3.8) is 0 Å². The van der Waals surface area contributed by atoms with Gasteiger partial charge in [0, 0.05) is 68.6 Å². The number of benzene rings is 2. The number of hydrogen-bond donors (Lipinski definition) is 1. The molecule has 0 spiro atoms. The SMILES string of the molecule is CCOc1cc(C(=O)N2CCc3c(c(=O)oc4c(C)c(N5CCN(C)[C@@H](COC)C5)cc(C)c34)C2)cc(C(F)(F)F)c1C(=O)NS(=O)(=O)N1CCCC1. The number of anilines is 1. The van der Waals surface area contributed by atoms with Gasteiger partial charge >= 0.3 is 22.0 Å². The summed E-state index contributed by atoms with van der Waals surface area (Å²) in [5.74, 6) is -2.96. The molecule has 53 heavy (non-hydrogen) atoms. The zero-order chi connectivity index (χ0) is 38.4. The van der Waals surface area contributed by atoms with Gasteiger partial charge in [-0.3, -0.25) is 14.5 Å². The van der Waals surface area contributed by atoms with Crippen molar-refractivity contribution in [3.8, 4) is 5.75 Å². The van der Waals surface area contributed by atoms with Gasteiger partial charge in [-0.25, -0.2) is 9.52 Å². The summed E-state index contributed by atoms with van der Waals surface area (Å²) in [4.78, 5) is 46.4. The maximum Gasteiger partial charge on any atom is 0.417 e. The fourth-order valence-corrected chi connectivity index (χ4v) is 8.81. The van der Waals surface area contributed by atoms with E-state index in [1.165, 1.54) is 11.8 Å². The lowest BCUT2D eigenvalue weighted by molar-refractivity contribution is -0.138. The molecule has 2 saturated heterocycles. The molecule has 0 bridgehead atoms. The first-order valence-corrected chi connectivity index (χ1v) is 19.0. The van der Waals surface area contributed by atoms with Crippen LogP contribution in [0.25, 0.3) is 11.0 Å². The number of carbonyl (C=O) groups excluding carboxylic acids is 2. The van der Waals surface area contributed by atoms with E-state index >= 15 is 0 Å². The number of methoxy groups -OCH3 is 1. The molecule has 3 aliphatic heterocycles. The maximum absolute atomic E-state index is 14.6. The number of alkyl halides is 3. The second-order valence-corrected chi connectivity index (χ2v) is 15.4. The van der Waals surface area contributed by atoms with Crippen LogP contribution < -0.4 is 20.0 Å². The highest BCUT2D eigenvalue weighted by atomic mass is 32.2. The number of piperazine rings is 1. The van der Waals surface area contributed by atoms with Crippen LogP contribution in [0.4, 0.5) is 18.9 Å². The average Bonchev–Trinajstić information content (AvgIpc) is 3.66. The van der Waals surface area contributed by atoms with Gasteiger partial charge in [-0.1, -0.05) is 0 Å². The quantitative estimate of drug-likeness (QED) is 0.320. The minimum Gasteiger partial charge on any atom is -0.493 e. The summed E-state index contributed by atoms with van der Waals surface area (Å²) in [6.07, 6.45) is -3.82. The van der Waals surface area contributed by atoms with Gasteiger partial charge in [0.1, 0.15) is 11.3 Å². The Hall–Kier alpha value is -4.19. The molecule has 0 unspecified atom stereocenters. The summed E-state index contributed by atoms with van der Waals surface area (Å²) in [6, 6.07) is 3.78. The number of amides is 2. The Labute approximate surface area is 305 Å². The minimum absolute atomic E-state index is 0.0867. The highest BCUT2D eigenvalue weighted by Crippen LogP contribution is 2.39. The molecule has 0 radical (unpaired) electrons. The molecule has 1 N–H and O–H groups in total. The van der Waals surface area contributed by atoms with Gasteiger partial charge in [0.2, 0.25) is 0 Å². The summed E-state index contributed by atoms with van der Waals surface area (Å²) >= 11 is 0. The molecule has 3 aromatic rings. The van der Waals surface area contributed by atoms with Crippen molar-refractivity contribution in [1.82, 2.24) is 18.8 Å². The Morgan fingerprint density at radius 1 is 1.04 bits per heavy atom. The monoisotopic (exact) mass is 763 g/mol. The molecule has 17 heteroatoms. The lowest BCUT2D eigenvalue weighted by Gasteiger charge is -2.41. The standard InChI is InChI=1S/C36H44F3N5O8S/c1-6-51-29-17-23(16-27(36(37,38)39)31(29)33(45)40-53(48,49)44-10-7-8-11-44)34(46)43-12-9-25-26(19-43)35(47)52-32-22(3)28(15-21(2)30(25)32)42-14-13-41(4)24(18-42)20-50-5/h15-17,24H,6-14,18-20H2,1-5H3,(H,40,45)/t24-/m1/s1. The Bertz CT molecular complexity index is 2100. The maximum atomic E-state index is 14.6. The van der Waals surface area contributed by atoms with Crippen molar-refractivity contribution in [3.05, 3.63) is 67.6 Å². The molecule has 0 aliphatic carbocycles. The zero-order valence-corrected chi connectivity index (χ0v) is 31.2. The predicted molar refractivity (Wildman–Crippen MR) is 191 cm³/mol. The molecule has 2 fully saturated rings. The number of ether oxygens (including phenoxy) is 2. The van der Waals surface area contributed by atoms with Gasteiger partial charge in [-0.2, -0.15) is 25.9 Å². The highest BCUT2D eigenvalue weighted by molar-refractivity contribution is 7.87. The molecule has 2 amide bonds. The van der Waals surface area contributed by atoms with Gasteiger partial charge in [-0.05, 0) is 76.4 Å².